The molecule has 0 aliphatic carbocycles. The maximum atomic E-state index is 10.9. The van der Waals surface area contributed by atoms with Gasteiger partial charge in [-0.15, -0.1) is 0 Å². The Morgan fingerprint density at radius 3 is 2.44 bits per heavy atom. The van der Waals surface area contributed by atoms with E-state index in [0.717, 1.165) is 16.7 Å². The Hall–Kier alpha value is -1.88. The second-order valence-electron chi connectivity index (χ2n) is 4.30. The Morgan fingerprint density at radius 1 is 1.28 bits per heavy atom. The van der Waals surface area contributed by atoms with Gasteiger partial charge < -0.3 is 10.2 Å². The molecule has 18 heavy (non-hydrogen) atoms. The van der Waals surface area contributed by atoms with Gasteiger partial charge in [0.2, 0.25) is 0 Å². The lowest BCUT2D eigenvalue weighted by Crippen LogP contribution is -2.38. The predicted octanol–water partition coefficient (Wildman–Crippen LogP) is 1.32. The Balaban J connectivity index is 2.66. The first-order chi connectivity index (χ1) is 8.40. The number of rotatable bonds is 6. The minimum Gasteiger partial charge on any atom is -0.481 e. The van der Waals surface area contributed by atoms with E-state index in [4.69, 9.17) is 10.2 Å². The number of carbonyl (C=O) groups is 2. The van der Waals surface area contributed by atoms with Gasteiger partial charge in [-0.3, -0.25) is 14.9 Å². The van der Waals surface area contributed by atoms with Gasteiger partial charge in [0.25, 0.3) is 0 Å². The Bertz CT molecular complexity index is 456. The number of hydrogen-bond donors (Lipinski definition) is 3. The summed E-state index contributed by atoms with van der Waals surface area (Å²) in [5, 5.41) is 20.3. The molecule has 0 fully saturated rings. The number of aliphatic carboxylic acids is 2. The third kappa shape index (κ3) is 4.18. The number of carboxylic acid groups (broad SMARTS) is 2. The predicted molar refractivity (Wildman–Crippen MR) is 66.4 cm³/mol. The first kappa shape index (κ1) is 14.2. The van der Waals surface area contributed by atoms with Crippen LogP contribution < -0.4 is 5.32 Å². The highest BCUT2D eigenvalue weighted by atomic mass is 16.4. The molecule has 3 N–H and O–H groups in total. The fraction of sp³-hybridized carbons (Fsp3) is 0.385. The zero-order valence-corrected chi connectivity index (χ0v) is 10.4. The van der Waals surface area contributed by atoms with Gasteiger partial charge in [0, 0.05) is 6.54 Å². The standard InChI is InChI=1S/C13H17NO4/c1-8-3-4-10(9(2)5-8)7-14-11(13(17)18)6-12(15)16/h3-5,11,14H,6-7H2,1-2H3,(H,15,16)(H,17,18). The molecule has 5 heteroatoms. The van der Waals surface area contributed by atoms with Crippen LogP contribution in [0.3, 0.4) is 0 Å². The molecule has 5 nitrogen and oxygen atoms in total. The summed E-state index contributed by atoms with van der Waals surface area (Å²) in [5.41, 5.74) is 3.16. The van der Waals surface area contributed by atoms with E-state index in [1.54, 1.807) is 0 Å². The average molecular weight is 251 g/mol. The van der Waals surface area contributed by atoms with Crippen molar-refractivity contribution in [2.75, 3.05) is 0 Å². The molecule has 1 aromatic rings. The second kappa shape index (κ2) is 6.16. The Morgan fingerprint density at radius 2 is 1.94 bits per heavy atom. The molecular weight excluding hydrogens is 234 g/mol. The lowest BCUT2D eigenvalue weighted by atomic mass is 10.1. The number of benzene rings is 1. The van der Waals surface area contributed by atoms with Crippen molar-refractivity contribution in [3.63, 3.8) is 0 Å². The van der Waals surface area contributed by atoms with E-state index in [-0.39, 0.29) is 0 Å². The van der Waals surface area contributed by atoms with Gasteiger partial charge >= 0.3 is 11.9 Å². The van der Waals surface area contributed by atoms with Crippen molar-refractivity contribution in [2.45, 2.75) is 32.9 Å². The number of hydrogen-bond acceptors (Lipinski definition) is 3. The number of carboxylic acids is 2. The van der Waals surface area contributed by atoms with Crippen molar-refractivity contribution in [3.05, 3.63) is 34.9 Å². The minimum absolute atomic E-state index is 0.344. The first-order valence-electron chi connectivity index (χ1n) is 5.64. The van der Waals surface area contributed by atoms with Crippen LogP contribution in [0.15, 0.2) is 18.2 Å². The van der Waals surface area contributed by atoms with Crippen LogP contribution in [0.1, 0.15) is 23.1 Å². The molecule has 0 saturated carbocycles. The molecule has 1 aromatic carbocycles. The smallest absolute Gasteiger partial charge is 0.321 e. The second-order valence-corrected chi connectivity index (χ2v) is 4.30. The lowest BCUT2D eigenvalue weighted by molar-refractivity contribution is -0.146. The minimum atomic E-state index is -1.15. The van der Waals surface area contributed by atoms with E-state index in [1.807, 2.05) is 32.0 Å². The Labute approximate surface area is 105 Å². The maximum absolute atomic E-state index is 10.9. The first-order valence-corrected chi connectivity index (χ1v) is 5.64. The van der Waals surface area contributed by atoms with Crippen molar-refractivity contribution in [2.24, 2.45) is 0 Å². The van der Waals surface area contributed by atoms with E-state index in [2.05, 4.69) is 5.32 Å². The summed E-state index contributed by atoms with van der Waals surface area (Å²) in [6.07, 6.45) is -0.430. The lowest BCUT2D eigenvalue weighted by Gasteiger charge is -2.13. The van der Waals surface area contributed by atoms with Crippen molar-refractivity contribution in [1.82, 2.24) is 5.32 Å². The van der Waals surface area contributed by atoms with Gasteiger partial charge in [-0.25, -0.2) is 0 Å². The summed E-state index contributed by atoms with van der Waals surface area (Å²) in [4.78, 5) is 21.4. The molecule has 0 heterocycles. The number of aryl methyl sites for hydroxylation is 2. The number of nitrogens with one attached hydrogen (secondary N) is 1. The molecular formula is C13H17NO4. The topological polar surface area (TPSA) is 86.6 Å². The molecule has 98 valence electrons. The summed E-state index contributed by atoms with van der Waals surface area (Å²) in [7, 11) is 0. The van der Waals surface area contributed by atoms with Crippen LogP contribution >= 0.6 is 0 Å². The molecule has 1 unspecified atom stereocenters. The normalized spacial score (nSPS) is 12.1. The molecule has 0 aromatic heterocycles. The molecule has 1 atom stereocenters. The van der Waals surface area contributed by atoms with Gasteiger partial charge in [0.05, 0.1) is 6.42 Å². The summed E-state index contributed by atoms with van der Waals surface area (Å²) in [5.74, 6) is -2.28. The molecule has 0 aliphatic rings. The monoisotopic (exact) mass is 251 g/mol. The van der Waals surface area contributed by atoms with Crippen LogP contribution in [-0.2, 0) is 16.1 Å². The van der Waals surface area contributed by atoms with E-state index in [0.29, 0.717) is 6.54 Å². The van der Waals surface area contributed by atoms with E-state index >= 15 is 0 Å². The van der Waals surface area contributed by atoms with Crippen molar-refractivity contribution in [1.29, 1.82) is 0 Å². The van der Waals surface area contributed by atoms with Crippen LogP contribution in [0.25, 0.3) is 0 Å². The molecule has 0 radical (unpaired) electrons. The highest BCUT2D eigenvalue weighted by molar-refractivity contribution is 5.80. The molecule has 0 spiro atoms. The summed E-state index contributed by atoms with van der Waals surface area (Å²) in [6.45, 7) is 4.27. The van der Waals surface area contributed by atoms with Gasteiger partial charge in [0.1, 0.15) is 6.04 Å². The summed E-state index contributed by atoms with van der Waals surface area (Å²) >= 11 is 0. The van der Waals surface area contributed by atoms with Gasteiger partial charge in [-0.05, 0) is 25.0 Å². The molecule has 0 bridgehead atoms. The molecule has 0 saturated heterocycles. The van der Waals surface area contributed by atoms with E-state index < -0.39 is 24.4 Å². The maximum Gasteiger partial charge on any atom is 0.321 e. The average Bonchev–Trinajstić information content (AvgIpc) is 2.25. The molecule has 1 rings (SSSR count). The van der Waals surface area contributed by atoms with Gasteiger partial charge in [-0.1, -0.05) is 23.8 Å². The largest absolute Gasteiger partial charge is 0.481 e. The van der Waals surface area contributed by atoms with Crippen LogP contribution in [0, 0.1) is 13.8 Å². The van der Waals surface area contributed by atoms with Crippen LogP contribution in [0.4, 0.5) is 0 Å². The van der Waals surface area contributed by atoms with Crippen molar-refractivity contribution >= 4 is 11.9 Å². The van der Waals surface area contributed by atoms with Crippen LogP contribution in [0.2, 0.25) is 0 Å². The zero-order chi connectivity index (χ0) is 13.7. The third-order valence-corrected chi connectivity index (χ3v) is 2.71. The highest BCUT2D eigenvalue weighted by Gasteiger charge is 2.20. The van der Waals surface area contributed by atoms with Crippen LogP contribution in [0.5, 0.6) is 0 Å². The highest BCUT2D eigenvalue weighted by Crippen LogP contribution is 2.10. The fourth-order valence-corrected chi connectivity index (χ4v) is 1.70. The molecule has 0 aliphatic heterocycles. The van der Waals surface area contributed by atoms with Gasteiger partial charge in [0.15, 0.2) is 0 Å². The van der Waals surface area contributed by atoms with Crippen molar-refractivity contribution < 1.29 is 19.8 Å². The molecule has 0 amide bonds. The van der Waals surface area contributed by atoms with E-state index in [9.17, 15) is 9.59 Å². The zero-order valence-electron chi connectivity index (χ0n) is 10.4. The SMILES string of the molecule is Cc1ccc(CNC(CC(=O)O)C(=O)O)c(C)c1. The summed E-state index contributed by atoms with van der Waals surface area (Å²) < 4.78 is 0. The quantitative estimate of drug-likeness (QED) is 0.710. The Kier molecular flexibility index (Phi) is 4.85. The van der Waals surface area contributed by atoms with Crippen molar-refractivity contribution in [3.8, 4) is 0 Å². The van der Waals surface area contributed by atoms with Gasteiger partial charge in [-0.2, -0.15) is 0 Å². The fourth-order valence-electron chi connectivity index (χ4n) is 1.70. The summed E-state index contributed by atoms with van der Waals surface area (Å²) in [6, 6.07) is 4.79. The third-order valence-electron chi connectivity index (χ3n) is 2.71. The van der Waals surface area contributed by atoms with Crippen LogP contribution in [-0.4, -0.2) is 28.2 Å². The van der Waals surface area contributed by atoms with E-state index in [1.165, 1.54) is 0 Å².